The number of amides is 1. The predicted molar refractivity (Wildman–Crippen MR) is 123 cm³/mol. The second kappa shape index (κ2) is 8.95. The number of fused-ring (bicyclic) bond motifs is 1. The van der Waals surface area contributed by atoms with E-state index in [4.69, 9.17) is 21.4 Å². The van der Waals surface area contributed by atoms with Crippen LogP contribution in [0.1, 0.15) is 26.3 Å². The Labute approximate surface area is 201 Å². The van der Waals surface area contributed by atoms with Crippen molar-refractivity contribution in [3.63, 3.8) is 0 Å². The summed E-state index contributed by atoms with van der Waals surface area (Å²) in [7, 11) is 3.13. The van der Waals surface area contributed by atoms with Crippen LogP contribution in [0.25, 0.3) is 16.6 Å². The number of carbonyl (C=O) groups excluding carboxylic acids is 1. The summed E-state index contributed by atoms with van der Waals surface area (Å²) in [5.74, 6) is -2.28. The van der Waals surface area contributed by atoms with Gasteiger partial charge >= 0.3 is 12.1 Å². The van der Waals surface area contributed by atoms with Gasteiger partial charge in [-0.15, -0.1) is 5.10 Å². The molecular formula is C24H17ClF3N3O4. The summed E-state index contributed by atoms with van der Waals surface area (Å²) in [5.41, 5.74) is 0.0736. The Bertz CT molecular complexity index is 1450. The SMILES string of the molecule is CN(C)C(=O)c1ccc2c(c1)c(Oc1c(Cl)cccc1C(F)(F)F)nn2-c1ccc(C(=O)O)cc1. The number of aromatic carboxylic acids is 1. The van der Waals surface area contributed by atoms with E-state index in [2.05, 4.69) is 5.10 Å². The average molecular weight is 504 g/mol. The number of carboxylic acids is 1. The van der Waals surface area contributed by atoms with Crippen LogP contribution < -0.4 is 4.74 Å². The predicted octanol–water partition coefficient (Wildman–Crippen LogP) is 5.89. The number of carbonyl (C=O) groups is 2. The summed E-state index contributed by atoms with van der Waals surface area (Å²) in [5, 5.41) is 13.5. The zero-order chi connectivity index (χ0) is 25.5. The van der Waals surface area contributed by atoms with Gasteiger partial charge in [0.15, 0.2) is 5.75 Å². The molecule has 0 saturated heterocycles. The van der Waals surface area contributed by atoms with Gasteiger partial charge in [0.1, 0.15) is 0 Å². The van der Waals surface area contributed by atoms with Crippen LogP contribution in [0.4, 0.5) is 13.2 Å². The minimum Gasteiger partial charge on any atom is -0.478 e. The fourth-order valence-electron chi connectivity index (χ4n) is 3.43. The molecule has 1 aromatic heterocycles. The lowest BCUT2D eigenvalue weighted by molar-refractivity contribution is -0.138. The zero-order valence-corrected chi connectivity index (χ0v) is 19.1. The number of carboxylic acid groups (broad SMARTS) is 1. The third-order valence-corrected chi connectivity index (χ3v) is 5.43. The van der Waals surface area contributed by atoms with Crippen molar-refractivity contribution in [1.29, 1.82) is 0 Å². The molecule has 1 N–H and O–H groups in total. The van der Waals surface area contributed by atoms with Crippen molar-refractivity contribution in [3.05, 3.63) is 82.4 Å². The van der Waals surface area contributed by atoms with Crippen LogP contribution in [-0.4, -0.2) is 45.8 Å². The van der Waals surface area contributed by atoms with Gasteiger partial charge < -0.3 is 14.7 Å². The first kappa shape index (κ1) is 24.1. The highest BCUT2D eigenvalue weighted by atomic mass is 35.5. The molecule has 35 heavy (non-hydrogen) atoms. The second-order valence-electron chi connectivity index (χ2n) is 7.72. The number of nitrogens with zero attached hydrogens (tertiary/aromatic N) is 3. The molecule has 0 aliphatic carbocycles. The number of halogens is 4. The van der Waals surface area contributed by atoms with Gasteiger partial charge in [0.25, 0.3) is 5.91 Å². The van der Waals surface area contributed by atoms with Crippen LogP contribution in [0.3, 0.4) is 0 Å². The highest BCUT2D eigenvalue weighted by Crippen LogP contribution is 2.43. The number of hydrogen-bond donors (Lipinski definition) is 1. The van der Waals surface area contributed by atoms with Crippen molar-refractivity contribution < 1.29 is 32.6 Å². The van der Waals surface area contributed by atoms with E-state index in [9.17, 15) is 22.8 Å². The van der Waals surface area contributed by atoms with Crippen LogP contribution in [0, 0.1) is 0 Å². The molecule has 0 radical (unpaired) electrons. The fraction of sp³-hybridized carbons (Fsp3) is 0.125. The molecule has 180 valence electrons. The molecule has 0 spiro atoms. The van der Waals surface area contributed by atoms with E-state index in [1.807, 2.05) is 0 Å². The summed E-state index contributed by atoms with van der Waals surface area (Å²) < 4.78 is 47.9. The maximum Gasteiger partial charge on any atom is 0.420 e. The molecule has 0 aliphatic heterocycles. The first-order chi connectivity index (χ1) is 16.5. The third-order valence-electron chi connectivity index (χ3n) is 5.13. The smallest absolute Gasteiger partial charge is 0.420 e. The quantitative estimate of drug-likeness (QED) is 0.367. The number of ether oxygens (including phenoxy) is 1. The first-order valence-corrected chi connectivity index (χ1v) is 10.5. The van der Waals surface area contributed by atoms with Crippen LogP contribution >= 0.6 is 11.6 Å². The summed E-state index contributed by atoms with van der Waals surface area (Å²) in [6.07, 6.45) is -4.74. The molecule has 0 bridgehead atoms. The Balaban J connectivity index is 1.92. The minimum absolute atomic E-state index is 0.0476. The number of rotatable bonds is 5. The third kappa shape index (κ3) is 4.65. The van der Waals surface area contributed by atoms with Gasteiger partial charge in [-0.25, -0.2) is 9.48 Å². The molecule has 0 aliphatic rings. The first-order valence-electron chi connectivity index (χ1n) is 10.1. The summed E-state index contributed by atoms with van der Waals surface area (Å²) in [4.78, 5) is 25.0. The maximum atomic E-state index is 13.6. The fourth-order valence-corrected chi connectivity index (χ4v) is 3.64. The van der Waals surface area contributed by atoms with Gasteiger partial charge in [-0.3, -0.25) is 4.79 Å². The van der Waals surface area contributed by atoms with E-state index in [0.29, 0.717) is 11.2 Å². The van der Waals surface area contributed by atoms with Gasteiger partial charge in [-0.05, 0) is 54.6 Å². The standard InChI is InChI=1S/C24H17ClF3N3O4/c1-30(2)22(32)14-8-11-19-16(12-14)21(29-31(19)15-9-6-13(7-10-15)23(33)34)35-20-17(24(26,27)28)4-3-5-18(20)25/h3-12H,1-2H3,(H,33,34). The van der Waals surface area contributed by atoms with Crippen molar-refractivity contribution in [2.24, 2.45) is 0 Å². The molecule has 4 aromatic rings. The van der Waals surface area contributed by atoms with Gasteiger partial charge in [0.2, 0.25) is 5.88 Å². The second-order valence-corrected chi connectivity index (χ2v) is 8.12. The van der Waals surface area contributed by atoms with Gasteiger partial charge in [0.05, 0.1) is 32.7 Å². The highest BCUT2D eigenvalue weighted by Gasteiger charge is 2.36. The Hall–Kier alpha value is -4.05. The van der Waals surface area contributed by atoms with Crippen molar-refractivity contribution >= 4 is 34.4 Å². The Morgan fingerprint density at radius 1 is 1.03 bits per heavy atom. The van der Waals surface area contributed by atoms with Gasteiger partial charge in [-0.2, -0.15) is 13.2 Å². The monoisotopic (exact) mass is 503 g/mol. The van der Waals surface area contributed by atoms with Crippen molar-refractivity contribution in [2.45, 2.75) is 6.18 Å². The molecule has 3 aromatic carbocycles. The van der Waals surface area contributed by atoms with Crippen LogP contribution in [0.2, 0.25) is 5.02 Å². The van der Waals surface area contributed by atoms with E-state index in [-0.39, 0.29) is 33.3 Å². The van der Waals surface area contributed by atoms with Crippen molar-refractivity contribution in [3.8, 4) is 17.3 Å². The number of alkyl halides is 3. The molecule has 0 saturated carbocycles. The van der Waals surface area contributed by atoms with Crippen molar-refractivity contribution in [1.82, 2.24) is 14.7 Å². The van der Waals surface area contributed by atoms with E-state index in [1.54, 1.807) is 26.2 Å². The highest BCUT2D eigenvalue weighted by molar-refractivity contribution is 6.32. The molecule has 0 unspecified atom stereocenters. The Morgan fingerprint density at radius 2 is 1.69 bits per heavy atom. The number of aromatic nitrogens is 2. The largest absolute Gasteiger partial charge is 0.478 e. The zero-order valence-electron chi connectivity index (χ0n) is 18.3. The summed E-state index contributed by atoms with van der Waals surface area (Å²) >= 11 is 6.05. The minimum atomic E-state index is -4.74. The number of hydrogen-bond acceptors (Lipinski definition) is 4. The molecule has 7 nitrogen and oxygen atoms in total. The molecule has 1 heterocycles. The number of para-hydroxylation sites is 1. The lowest BCUT2D eigenvalue weighted by Gasteiger charge is -2.14. The van der Waals surface area contributed by atoms with E-state index < -0.39 is 23.5 Å². The molecule has 4 rings (SSSR count). The van der Waals surface area contributed by atoms with E-state index in [1.165, 1.54) is 46.0 Å². The molecule has 1 amide bonds. The summed E-state index contributed by atoms with van der Waals surface area (Å²) in [6, 6.07) is 13.6. The van der Waals surface area contributed by atoms with Crippen LogP contribution in [-0.2, 0) is 6.18 Å². The van der Waals surface area contributed by atoms with Crippen LogP contribution in [0.5, 0.6) is 11.6 Å². The lowest BCUT2D eigenvalue weighted by Crippen LogP contribution is -2.21. The molecular weight excluding hydrogens is 487 g/mol. The maximum absolute atomic E-state index is 13.6. The number of benzene rings is 3. The Kier molecular flexibility index (Phi) is 6.16. The van der Waals surface area contributed by atoms with E-state index in [0.717, 1.165) is 12.1 Å². The average Bonchev–Trinajstić information content (AvgIpc) is 3.16. The summed E-state index contributed by atoms with van der Waals surface area (Å²) in [6.45, 7) is 0. The molecule has 0 atom stereocenters. The van der Waals surface area contributed by atoms with Gasteiger partial charge in [-0.1, -0.05) is 17.7 Å². The Morgan fingerprint density at radius 3 is 2.29 bits per heavy atom. The molecule has 11 heteroatoms. The normalized spacial score (nSPS) is 11.5. The van der Waals surface area contributed by atoms with E-state index >= 15 is 0 Å². The lowest BCUT2D eigenvalue weighted by atomic mass is 10.1. The molecule has 0 fully saturated rings. The van der Waals surface area contributed by atoms with Crippen molar-refractivity contribution in [2.75, 3.05) is 14.1 Å². The topological polar surface area (TPSA) is 84.7 Å². The van der Waals surface area contributed by atoms with Crippen LogP contribution in [0.15, 0.2) is 60.7 Å². The van der Waals surface area contributed by atoms with Gasteiger partial charge in [0, 0.05) is 19.7 Å².